The van der Waals surface area contributed by atoms with Crippen LogP contribution in [-0.2, 0) is 27.4 Å². The van der Waals surface area contributed by atoms with Gasteiger partial charge in [-0.15, -0.1) is 11.3 Å². The molecule has 250 valence electrons. The number of thiophene rings is 1. The Kier molecular flexibility index (Phi) is 11.5. The van der Waals surface area contributed by atoms with Crippen molar-refractivity contribution in [3.63, 3.8) is 0 Å². The number of likely N-dealkylation sites (N-methyl/N-ethyl adjacent to an activating group) is 1. The van der Waals surface area contributed by atoms with Gasteiger partial charge in [-0.1, -0.05) is 18.2 Å². The van der Waals surface area contributed by atoms with Gasteiger partial charge in [-0.3, -0.25) is 19.1 Å². The lowest BCUT2D eigenvalue weighted by molar-refractivity contribution is 0.114. The second kappa shape index (κ2) is 15.5. The Bertz CT molecular complexity index is 1920. The van der Waals surface area contributed by atoms with Gasteiger partial charge in [0, 0.05) is 42.4 Å². The van der Waals surface area contributed by atoms with Crippen LogP contribution >= 0.6 is 11.3 Å². The Hall–Kier alpha value is -5.03. The number of methoxy groups -OCH3 is 2. The van der Waals surface area contributed by atoms with E-state index in [1.165, 1.54) is 32.4 Å². The van der Waals surface area contributed by atoms with Crippen molar-refractivity contribution in [1.82, 2.24) is 19.5 Å². The number of amides is 2. The molecule has 0 unspecified atom stereocenters. The highest BCUT2D eigenvalue weighted by Gasteiger charge is 2.25. The van der Waals surface area contributed by atoms with Crippen molar-refractivity contribution in [3.05, 3.63) is 104 Å². The zero-order chi connectivity index (χ0) is 34.2. The molecule has 0 fully saturated rings. The van der Waals surface area contributed by atoms with Gasteiger partial charge < -0.3 is 26.3 Å². The number of hydroxylamine groups is 1. The maximum Gasteiger partial charge on any atom is 0.343 e. The molecule has 6 N–H and O–H groups in total. The molecule has 0 radical (unpaired) electrons. The van der Waals surface area contributed by atoms with Gasteiger partial charge in [-0.2, -0.15) is 0 Å². The molecule has 2 heterocycles. The van der Waals surface area contributed by atoms with Gasteiger partial charge in [0.15, 0.2) is 5.88 Å². The lowest BCUT2D eigenvalue weighted by Crippen LogP contribution is -2.41. The lowest BCUT2D eigenvalue weighted by Gasteiger charge is -2.18. The van der Waals surface area contributed by atoms with E-state index in [2.05, 4.69) is 15.6 Å². The number of benzene rings is 2. The molecule has 2 aromatic heterocycles. The van der Waals surface area contributed by atoms with Crippen LogP contribution in [-0.4, -0.2) is 61.6 Å². The molecule has 16 heteroatoms. The van der Waals surface area contributed by atoms with E-state index in [4.69, 9.17) is 20.9 Å². The average molecular weight is 672 g/mol. The predicted molar refractivity (Wildman–Crippen MR) is 176 cm³/mol. The first-order valence-electron chi connectivity index (χ1n) is 14.1. The molecule has 4 aromatic rings. The number of aromatic nitrogens is 2. The molecule has 0 saturated carbocycles. The fraction of sp³-hybridized carbons (Fsp3) is 0.258. The fourth-order valence-corrected chi connectivity index (χ4v) is 6.02. The Morgan fingerprint density at radius 3 is 2.32 bits per heavy atom. The molecular weight excluding hydrogens is 636 g/mol. The minimum atomic E-state index is -0.918. The number of halogens is 2. The monoisotopic (exact) mass is 671 g/mol. The van der Waals surface area contributed by atoms with Gasteiger partial charge in [0.1, 0.15) is 22.3 Å². The summed E-state index contributed by atoms with van der Waals surface area (Å²) >= 11 is 1.11. The quantitative estimate of drug-likeness (QED) is 0.0948. The molecule has 0 bridgehead atoms. The van der Waals surface area contributed by atoms with Crippen molar-refractivity contribution in [3.8, 4) is 10.4 Å². The summed E-state index contributed by atoms with van der Waals surface area (Å²) in [6.45, 7) is 0.606. The zero-order valence-corrected chi connectivity index (χ0v) is 27.0. The van der Waals surface area contributed by atoms with E-state index >= 15 is 0 Å². The van der Waals surface area contributed by atoms with Crippen LogP contribution in [0.3, 0.4) is 0 Å². The topological polar surface area (TPSA) is 168 Å². The molecule has 0 atom stereocenters. The molecule has 2 aromatic carbocycles. The number of ether oxygens (including phenoxy) is 2. The van der Waals surface area contributed by atoms with Crippen LogP contribution in [0.1, 0.15) is 11.1 Å². The summed E-state index contributed by atoms with van der Waals surface area (Å²) in [5.41, 5.74) is 13.8. The van der Waals surface area contributed by atoms with E-state index in [-0.39, 0.29) is 34.0 Å². The molecule has 0 aliphatic carbocycles. The van der Waals surface area contributed by atoms with Crippen LogP contribution in [0.15, 0.2) is 70.1 Å². The van der Waals surface area contributed by atoms with Crippen LogP contribution in [0.2, 0.25) is 0 Å². The molecule has 2 amide bonds. The number of rotatable bonds is 13. The van der Waals surface area contributed by atoms with E-state index in [1.807, 2.05) is 11.9 Å². The lowest BCUT2D eigenvalue weighted by atomic mass is 10.1. The Balaban J connectivity index is 2.04. The molecule has 4 rings (SSSR count). The number of nitrogens with two attached hydrogens (primary N) is 2. The molecular formula is C31H35F2N7O6S. The van der Waals surface area contributed by atoms with Gasteiger partial charge in [0.05, 0.1) is 32.8 Å². The number of anilines is 1. The van der Waals surface area contributed by atoms with Gasteiger partial charge in [-0.05, 0) is 48.5 Å². The third-order valence-electron chi connectivity index (χ3n) is 7.07. The van der Waals surface area contributed by atoms with Crippen molar-refractivity contribution in [1.29, 1.82) is 0 Å². The average Bonchev–Trinajstić information content (AvgIpc) is 3.41. The highest BCUT2D eigenvalue weighted by Crippen LogP contribution is 2.38. The predicted octanol–water partition coefficient (Wildman–Crippen LogP) is 3.18. The number of hydrogen-bond acceptors (Lipinski definition) is 10. The molecule has 0 aliphatic heterocycles. The third-order valence-corrected chi connectivity index (χ3v) is 8.37. The summed E-state index contributed by atoms with van der Waals surface area (Å²) < 4.78 is 41.8. The maximum atomic E-state index is 14.9. The van der Waals surface area contributed by atoms with E-state index in [9.17, 15) is 23.2 Å². The van der Waals surface area contributed by atoms with Crippen molar-refractivity contribution in [2.24, 2.45) is 11.5 Å². The van der Waals surface area contributed by atoms with Crippen molar-refractivity contribution >= 4 is 39.1 Å². The maximum absolute atomic E-state index is 14.9. The molecule has 0 saturated heterocycles. The van der Waals surface area contributed by atoms with Crippen molar-refractivity contribution < 1.29 is 27.9 Å². The van der Waals surface area contributed by atoms with E-state index < -0.39 is 35.5 Å². The molecule has 47 heavy (non-hydrogen) atoms. The number of fused-ring (bicyclic) bond motifs is 1. The smallest absolute Gasteiger partial charge is 0.343 e. The normalized spacial score (nSPS) is 12.1. The van der Waals surface area contributed by atoms with Crippen LogP contribution in [0.4, 0.5) is 19.3 Å². The highest BCUT2D eigenvalue weighted by molar-refractivity contribution is 7.22. The molecule has 13 nitrogen and oxygen atoms in total. The van der Waals surface area contributed by atoms with Crippen molar-refractivity contribution in [2.75, 3.05) is 46.8 Å². The molecule has 0 aliphatic rings. The van der Waals surface area contributed by atoms with Crippen molar-refractivity contribution in [2.45, 2.75) is 13.1 Å². The van der Waals surface area contributed by atoms with E-state index in [0.717, 1.165) is 32.6 Å². The van der Waals surface area contributed by atoms with Crippen LogP contribution in [0.5, 0.6) is 0 Å². The SMILES string of the molecule is COCCN(C)Cc1c(-c2ccc(NC(=O)NOC)cc2)sc2c1c(=O)n(/C(N)=C/C=C(\N)OC)c(=O)n2Cc1c(F)cccc1F. The first kappa shape index (κ1) is 34.8. The first-order chi connectivity index (χ1) is 22.5. The highest BCUT2D eigenvalue weighted by atomic mass is 32.1. The summed E-state index contributed by atoms with van der Waals surface area (Å²) in [6, 6.07) is 9.58. The number of carbonyl (C=O) groups is 1. The summed E-state index contributed by atoms with van der Waals surface area (Å²) in [7, 11) is 6.04. The standard InChI is InChI=1S/C31H35F2N7O6S/c1-38(14-15-44-2)16-21-26-28(41)40(24(34)12-13-25(35)45-3)31(43)39(17-20-22(32)6-5-7-23(20)33)29(26)47-27(21)18-8-10-19(11-9-18)36-30(42)37-46-4/h5-13H,14-17,34-35H2,1-4H3,(H2,36,37,42)/b24-12+,25-13+. The number of carbonyl (C=O) groups excluding carboxylic acids is 1. The second-order valence-electron chi connectivity index (χ2n) is 10.2. The summed E-state index contributed by atoms with van der Waals surface area (Å²) in [5, 5.41) is 2.75. The molecule has 0 spiro atoms. The number of hydrogen-bond donors (Lipinski definition) is 4. The summed E-state index contributed by atoms with van der Waals surface area (Å²) in [4.78, 5) is 47.5. The van der Waals surface area contributed by atoms with E-state index in [1.54, 1.807) is 31.4 Å². The summed E-state index contributed by atoms with van der Waals surface area (Å²) in [6.07, 6.45) is 2.50. The van der Waals surface area contributed by atoms with Gasteiger partial charge in [-0.25, -0.2) is 28.4 Å². The fourth-order valence-electron chi connectivity index (χ4n) is 4.72. The minimum absolute atomic E-state index is 0.0354. The Morgan fingerprint density at radius 2 is 1.70 bits per heavy atom. The number of nitrogens with zero attached hydrogens (tertiary/aromatic N) is 3. The van der Waals surface area contributed by atoms with Crippen LogP contribution in [0.25, 0.3) is 26.5 Å². The first-order valence-corrected chi connectivity index (χ1v) is 14.9. The number of urea groups is 1. The zero-order valence-electron chi connectivity index (χ0n) is 26.1. The van der Waals surface area contributed by atoms with Gasteiger partial charge in [0.25, 0.3) is 5.56 Å². The Morgan fingerprint density at radius 1 is 1.02 bits per heavy atom. The third kappa shape index (κ3) is 7.86. The number of allylic oxidation sites excluding steroid dienone is 2. The largest absolute Gasteiger partial charge is 0.483 e. The minimum Gasteiger partial charge on any atom is -0.483 e. The van der Waals surface area contributed by atoms with Crippen LogP contribution in [0, 0.1) is 11.6 Å². The van der Waals surface area contributed by atoms with Crippen LogP contribution < -0.4 is 33.5 Å². The second-order valence-corrected chi connectivity index (χ2v) is 11.2. The van der Waals surface area contributed by atoms with Gasteiger partial charge in [0.2, 0.25) is 0 Å². The summed E-state index contributed by atoms with van der Waals surface area (Å²) in [5.74, 6) is -2.05. The number of nitrogens with one attached hydrogen (secondary N) is 2. The van der Waals surface area contributed by atoms with Gasteiger partial charge >= 0.3 is 11.7 Å². The Labute approximate surface area is 272 Å². The van der Waals surface area contributed by atoms with E-state index in [0.29, 0.717) is 34.8 Å².